The molecule has 0 radical (unpaired) electrons. The Morgan fingerprint density at radius 2 is 1.96 bits per heavy atom. The van der Waals surface area contributed by atoms with Crippen molar-refractivity contribution in [3.8, 4) is 11.5 Å². The van der Waals surface area contributed by atoms with E-state index >= 15 is 0 Å². The number of hydrogen-bond acceptors (Lipinski definition) is 4. The van der Waals surface area contributed by atoms with Gasteiger partial charge in [-0.05, 0) is 45.1 Å². The molecule has 1 aromatic carbocycles. The molecular weight excluding hydrogens is 541 g/mol. The van der Waals surface area contributed by atoms with Crippen LogP contribution >= 0.6 is 51.2 Å². The van der Waals surface area contributed by atoms with Gasteiger partial charge in [-0.3, -0.25) is 4.99 Å². The molecule has 5 nitrogen and oxygen atoms in total. The molecule has 0 saturated heterocycles. The summed E-state index contributed by atoms with van der Waals surface area (Å²) >= 11 is 5.30. The zero-order valence-electron chi connectivity index (χ0n) is 16.3. The van der Waals surface area contributed by atoms with Crippen LogP contribution in [0.4, 0.5) is 0 Å². The van der Waals surface area contributed by atoms with Gasteiger partial charge in [0.15, 0.2) is 17.5 Å². The van der Waals surface area contributed by atoms with Crippen LogP contribution in [0.15, 0.2) is 39.1 Å². The van der Waals surface area contributed by atoms with Crippen molar-refractivity contribution >= 4 is 57.2 Å². The maximum atomic E-state index is 5.40. The fourth-order valence-corrected chi connectivity index (χ4v) is 4.04. The first-order valence-electron chi connectivity index (χ1n) is 8.30. The monoisotopic (exact) mass is 567 g/mol. The summed E-state index contributed by atoms with van der Waals surface area (Å²) in [6, 6.07) is 8.23. The Labute approximate surface area is 191 Å². The smallest absolute Gasteiger partial charge is 0.191 e. The Bertz CT molecular complexity index is 752. The molecule has 0 amide bonds. The number of nitrogens with one attached hydrogen (secondary N) is 2. The number of hydrogen-bond donors (Lipinski definition) is 2. The number of methoxy groups -OCH3 is 2. The molecule has 8 heteroatoms. The van der Waals surface area contributed by atoms with Crippen LogP contribution in [0.1, 0.15) is 24.3 Å². The highest BCUT2D eigenvalue weighted by Gasteiger charge is 2.22. The molecule has 0 fully saturated rings. The molecule has 0 saturated carbocycles. The minimum Gasteiger partial charge on any atom is -0.493 e. The van der Waals surface area contributed by atoms with Crippen molar-refractivity contribution in [3.05, 3.63) is 44.6 Å². The molecule has 150 valence electrons. The zero-order chi connectivity index (χ0) is 19.2. The third kappa shape index (κ3) is 6.53. The molecule has 0 spiro atoms. The topological polar surface area (TPSA) is 54.9 Å². The Kier molecular flexibility index (Phi) is 9.89. The highest BCUT2D eigenvalue weighted by Crippen LogP contribution is 2.36. The Hall–Kier alpha value is -1.000. The van der Waals surface area contributed by atoms with Crippen LogP contribution in [0.3, 0.4) is 0 Å². The van der Waals surface area contributed by atoms with E-state index in [1.54, 1.807) is 32.6 Å². The van der Waals surface area contributed by atoms with E-state index in [4.69, 9.17) is 9.47 Å². The van der Waals surface area contributed by atoms with Crippen molar-refractivity contribution in [3.63, 3.8) is 0 Å². The molecule has 2 aromatic rings. The lowest BCUT2D eigenvalue weighted by Crippen LogP contribution is -2.42. The maximum Gasteiger partial charge on any atom is 0.191 e. The van der Waals surface area contributed by atoms with Gasteiger partial charge in [-0.1, -0.05) is 19.9 Å². The average molecular weight is 568 g/mol. The maximum absolute atomic E-state index is 5.40. The van der Waals surface area contributed by atoms with Crippen molar-refractivity contribution in [2.45, 2.75) is 25.8 Å². The Morgan fingerprint density at radius 1 is 1.22 bits per heavy atom. The predicted octanol–water partition coefficient (Wildman–Crippen LogP) is 4.79. The van der Waals surface area contributed by atoms with E-state index in [2.05, 4.69) is 62.9 Å². The number of rotatable bonds is 7. The summed E-state index contributed by atoms with van der Waals surface area (Å²) in [6.45, 7) is 5.87. The van der Waals surface area contributed by atoms with Crippen LogP contribution in [0, 0.1) is 0 Å². The molecule has 0 aliphatic heterocycles. The van der Waals surface area contributed by atoms with Crippen LogP contribution in [-0.2, 0) is 12.0 Å². The molecule has 1 aromatic heterocycles. The summed E-state index contributed by atoms with van der Waals surface area (Å²) < 4.78 is 11.6. The van der Waals surface area contributed by atoms with E-state index in [1.807, 2.05) is 12.1 Å². The first-order valence-corrected chi connectivity index (χ1v) is 9.97. The quantitative estimate of drug-likeness (QED) is 0.287. The largest absolute Gasteiger partial charge is 0.493 e. The van der Waals surface area contributed by atoms with Gasteiger partial charge in [0.05, 0.1) is 18.7 Å². The fourth-order valence-electron chi connectivity index (χ4n) is 2.54. The lowest BCUT2D eigenvalue weighted by Gasteiger charge is -2.25. The molecule has 0 atom stereocenters. The number of benzene rings is 1. The molecule has 0 aliphatic rings. The van der Waals surface area contributed by atoms with Crippen molar-refractivity contribution < 1.29 is 9.47 Å². The van der Waals surface area contributed by atoms with Crippen molar-refractivity contribution in [1.29, 1.82) is 0 Å². The van der Waals surface area contributed by atoms with Crippen LogP contribution < -0.4 is 20.1 Å². The third-order valence-electron chi connectivity index (χ3n) is 4.06. The average Bonchev–Trinajstić information content (AvgIpc) is 3.17. The third-order valence-corrected chi connectivity index (χ3v) is 5.89. The zero-order valence-corrected chi connectivity index (χ0v) is 21.0. The molecule has 1 heterocycles. The summed E-state index contributed by atoms with van der Waals surface area (Å²) in [5, 5.41) is 8.87. The number of aliphatic imine (C=N–C) groups is 1. The van der Waals surface area contributed by atoms with Gasteiger partial charge in [0.25, 0.3) is 0 Å². The van der Waals surface area contributed by atoms with Gasteiger partial charge in [-0.25, -0.2) is 0 Å². The predicted molar refractivity (Wildman–Crippen MR) is 128 cm³/mol. The van der Waals surface area contributed by atoms with Crippen LogP contribution in [-0.4, -0.2) is 33.8 Å². The lowest BCUT2D eigenvalue weighted by molar-refractivity contribution is 0.352. The van der Waals surface area contributed by atoms with Gasteiger partial charge in [-0.2, -0.15) is 0 Å². The number of halogens is 2. The van der Waals surface area contributed by atoms with Gasteiger partial charge in [0.2, 0.25) is 0 Å². The summed E-state index contributed by atoms with van der Waals surface area (Å²) in [7, 11) is 5.04. The van der Waals surface area contributed by atoms with Crippen LogP contribution in [0.25, 0.3) is 0 Å². The molecule has 2 rings (SSSR count). The van der Waals surface area contributed by atoms with Crippen molar-refractivity contribution in [1.82, 2.24) is 10.6 Å². The van der Waals surface area contributed by atoms with Gasteiger partial charge >= 0.3 is 0 Å². The first-order chi connectivity index (χ1) is 12.4. The first kappa shape index (κ1) is 24.0. The Balaban J connectivity index is 0.00000364. The summed E-state index contributed by atoms with van der Waals surface area (Å²) in [5.74, 6) is 2.15. The van der Waals surface area contributed by atoms with Crippen LogP contribution in [0.5, 0.6) is 11.5 Å². The van der Waals surface area contributed by atoms with Crippen molar-refractivity contribution in [2.75, 3.05) is 27.8 Å². The standard InChI is InChI=1S/C19H26BrN3O2S.HI/c1-19(2,16-7-6-8-26-16)12-23-18(21-3)22-11-13-9-14(20)17(25-5)15(10-13)24-4;/h6-10H,11-12H2,1-5H3,(H2,21,22,23);1H. The number of thiophene rings is 1. The van der Waals surface area contributed by atoms with E-state index < -0.39 is 0 Å². The van der Waals surface area contributed by atoms with Crippen molar-refractivity contribution in [2.24, 2.45) is 4.99 Å². The lowest BCUT2D eigenvalue weighted by atomic mass is 9.91. The van der Waals surface area contributed by atoms with Crippen LogP contribution in [0.2, 0.25) is 0 Å². The SMILES string of the molecule is CN=C(NCc1cc(Br)c(OC)c(OC)c1)NCC(C)(C)c1cccs1.I. The molecule has 27 heavy (non-hydrogen) atoms. The van der Waals surface area contributed by atoms with Gasteiger partial charge < -0.3 is 20.1 Å². The number of ether oxygens (including phenoxy) is 2. The van der Waals surface area contributed by atoms with Gasteiger partial charge in [0, 0.05) is 30.4 Å². The van der Waals surface area contributed by atoms with E-state index in [0.29, 0.717) is 18.0 Å². The van der Waals surface area contributed by atoms with Gasteiger partial charge in [-0.15, -0.1) is 35.3 Å². The minimum absolute atomic E-state index is 0. The molecular formula is C19H27BrIN3O2S. The van der Waals surface area contributed by atoms with E-state index in [0.717, 1.165) is 22.5 Å². The molecule has 2 N–H and O–H groups in total. The van der Waals surface area contributed by atoms with Gasteiger partial charge in [0.1, 0.15) is 0 Å². The molecule has 0 bridgehead atoms. The minimum atomic E-state index is 0. The number of guanidine groups is 1. The second kappa shape index (κ2) is 11.1. The van der Waals surface area contributed by atoms with E-state index in [-0.39, 0.29) is 29.4 Å². The molecule has 0 unspecified atom stereocenters. The van der Waals surface area contributed by atoms with E-state index in [9.17, 15) is 0 Å². The second-order valence-electron chi connectivity index (χ2n) is 6.45. The molecule has 0 aliphatic carbocycles. The highest BCUT2D eigenvalue weighted by molar-refractivity contribution is 14.0. The normalized spacial score (nSPS) is 11.6. The highest BCUT2D eigenvalue weighted by atomic mass is 127. The number of nitrogens with zero attached hydrogens (tertiary/aromatic N) is 1. The summed E-state index contributed by atoms with van der Waals surface area (Å²) in [5.41, 5.74) is 1.10. The fraction of sp³-hybridized carbons (Fsp3) is 0.421. The summed E-state index contributed by atoms with van der Waals surface area (Å²) in [6.07, 6.45) is 0. The van der Waals surface area contributed by atoms with E-state index in [1.165, 1.54) is 4.88 Å². The second-order valence-corrected chi connectivity index (χ2v) is 8.26. The summed E-state index contributed by atoms with van der Waals surface area (Å²) in [4.78, 5) is 5.67. The Morgan fingerprint density at radius 3 is 2.52 bits per heavy atom.